The third kappa shape index (κ3) is 1.39. The number of imidazole rings is 1. The number of aromatic nitrogens is 2. The zero-order valence-electron chi connectivity index (χ0n) is 6.76. The van der Waals surface area contributed by atoms with E-state index in [1.165, 1.54) is 14.0 Å². The Morgan fingerprint density at radius 2 is 2.27 bits per heavy atom. The van der Waals surface area contributed by atoms with Crippen molar-refractivity contribution >= 4 is 5.78 Å². The van der Waals surface area contributed by atoms with E-state index in [0.29, 0.717) is 17.4 Å². The van der Waals surface area contributed by atoms with Gasteiger partial charge in [-0.1, -0.05) is 0 Å². The fraction of sp³-hybridized carbons (Fsp3) is 0.429. The molecule has 0 fully saturated rings. The van der Waals surface area contributed by atoms with E-state index in [2.05, 4.69) is 9.97 Å². The number of carbonyl (C=O) groups is 1. The number of ether oxygens (including phenoxy) is 1. The first kappa shape index (κ1) is 7.78. The SMILES string of the molecule is COc1nc(C)[nH]c1C(C)=O. The molecule has 0 spiro atoms. The Hall–Kier alpha value is -1.32. The number of Topliss-reactive ketones (excluding diaryl/α,β-unsaturated/α-hetero) is 1. The summed E-state index contributed by atoms with van der Waals surface area (Å²) in [5, 5.41) is 0. The van der Waals surface area contributed by atoms with Gasteiger partial charge in [0.15, 0.2) is 5.78 Å². The Labute approximate surface area is 64.6 Å². The van der Waals surface area contributed by atoms with E-state index in [1.807, 2.05) is 0 Å². The summed E-state index contributed by atoms with van der Waals surface area (Å²) in [5.74, 6) is 0.990. The van der Waals surface area contributed by atoms with Gasteiger partial charge in [0.2, 0.25) is 5.88 Å². The third-order valence-corrected chi connectivity index (χ3v) is 1.33. The number of aryl methyl sites for hydroxylation is 1. The van der Waals surface area contributed by atoms with Crippen molar-refractivity contribution in [1.29, 1.82) is 0 Å². The summed E-state index contributed by atoms with van der Waals surface area (Å²) in [6, 6.07) is 0. The van der Waals surface area contributed by atoms with Crippen LogP contribution < -0.4 is 4.74 Å². The van der Waals surface area contributed by atoms with Crippen LogP contribution in [-0.2, 0) is 0 Å². The maximum Gasteiger partial charge on any atom is 0.242 e. The highest BCUT2D eigenvalue weighted by Gasteiger charge is 2.11. The van der Waals surface area contributed by atoms with Crippen molar-refractivity contribution in [2.24, 2.45) is 0 Å². The van der Waals surface area contributed by atoms with Gasteiger partial charge in [-0.15, -0.1) is 0 Å². The van der Waals surface area contributed by atoms with Gasteiger partial charge in [0.05, 0.1) is 7.11 Å². The lowest BCUT2D eigenvalue weighted by molar-refractivity contribution is 0.101. The highest BCUT2D eigenvalue weighted by molar-refractivity contribution is 5.94. The van der Waals surface area contributed by atoms with Gasteiger partial charge in [-0.25, -0.2) is 0 Å². The standard InChI is InChI=1S/C7H10N2O2/c1-4(10)6-7(11-3)9-5(2)8-6/h1-3H3,(H,8,9). The molecule has 1 heterocycles. The van der Waals surface area contributed by atoms with Crippen LogP contribution in [0.15, 0.2) is 0 Å². The molecule has 60 valence electrons. The van der Waals surface area contributed by atoms with Crippen LogP contribution in [0.4, 0.5) is 0 Å². The number of nitrogens with one attached hydrogen (secondary N) is 1. The number of hydrogen-bond acceptors (Lipinski definition) is 3. The second-order valence-electron chi connectivity index (χ2n) is 2.26. The van der Waals surface area contributed by atoms with Gasteiger partial charge in [0.25, 0.3) is 0 Å². The number of hydrogen-bond donors (Lipinski definition) is 1. The minimum Gasteiger partial charge on any atom is -0.479 e. The molecule has 0 aromatic carbocycles. The van der Waals surface area contributed by atoms with E-state index in [1.54, 1.807) is 6.92 Å². The molecule has 0 aliphatic carbocycles. The summed E-state index contributed by atoms with van der Waals surface area (Å²) in [7, 11) is 1.49. The van der Waals surface area contributed by atoms with Gasteiger partial charge >= 0.3 is 0 Å². The average Bonchev–Trinajstić information content (AvgIpc) is 2.30. The Bertz CT molecular complexity index is 278. The van der Waals surface area contributed by atoms with Crippen molar-refractivity contribution in [2.45, 2.75) is 13.8 Å². The van der Waals surface area contributed by atoms with Crippen LogP contribution >= 0.6 is 0 Å². The molecular formula is C7H10N2O2. The molecule has 1 aromatic rings. The maximum atomic E-state index is 10.9. The van der Waals surface area contributed by atoms with Crippen molar-refractivity contribution in [3.05, 3.63) is 11.5 Å². The van der Waals surface area contributed by atoms with Gasteiger partial charge < -0.3 is 9.72 Å². The molecule has 4 heteroatoms. The summed E-state index contributed by atoms with van der Waals surface area (Å²) in [6.45, 7) is 3.24. The molecule has 0 aliphatic heterocycles. The highest BCUT2D eigenvalue weighted by Crippen LogP contribution is 2.14. The third-order valence-electron chi connectivity index (χ3n) is 1.33. The number of nitrogens with zero attached hydrogens (tertiary/aromatic N) is 1. The minimum atomic E-state index is -0.0672. The summed E-state index contributed by atoms with van der Waals surface area (Å²) in [5.41, 5.74) is 0.435. The zero-order chi connectivity index (χ0) is 8.43. The molecule has 0 unspecified atom stereocenters. The lowest BCUT2D eigenvalue weighted by atomic mass is 10.3. The molecule has 1 aromatic heterocycles. The normalized spacial score (nSPS) is 9.73. The Balaban J connectivity index is 3.12. The second kappa shape index (κ2) is 2.74. The van der Waals surface area contributed by atoms with Gasteiger partial charge in [-0.05, 0) is 6.92 Å². The molecule has 0 bridgehead atoms. The average molecular weight is 154 g/mol. The van der Waals surface area contributed by atoms with E-state index in [9.17, 15) is 4.79 Å². The van der Waals surface area contributed by atoms with Crippen LogP contribution in [0.5, 0.6) is 5.88 Å². The number of rotatable bonds is 2. The smallest absolute Gasteiger partial charge is 0.242 e. The molecular weight excluding hydrogens is 144 g/mol. The Morgan fingerprint density at radius 1 is 1.64 bits per heavy atom. The molecule has 0 atom stereocenters. The fourth-order valence-electron chi connectivity index (χ4n) is 0.857. The molecule has 0 saturated heterocycles. The van der Waals surface area contributed by atoms with Gasteiger partial charge in [0, 0.05) is 6.92 Å². The molecule has 1 N–H and O–H groups in total. The van der Waals surface area contributed by atoms with E-state index in [-0.39, 0.29) is 5.78 Å². The monoisotopic (exact) mass is 154 g/mol. The molecule has 0 amide bonds. The number of carbonyl (C=O) groups excluding carboxylic acids is 1. The lowest BCUT2D eigenvalue weighted by Gasteiger charge is -1.93. The van der Waals surface area contributed by atoms with Gasteiger partial charge in [-0.3, -0.25) is 4.79 Å². The second-order valence-corrected chi connectivity index (χ2v) is 2.26. The number of ketones is 1. The van der Waals surface area contributed by atoms with Crippen LogP contribution in [0.25, 0.3) is 0 Å². The zero-order valence-corrected chi connectivity index (χ0v) is 6.76. The Morgan fingerprint density at radius 3 is 2.64 bits per heavy atom. The predicted molar refractivity (Wildman–Crippen MR) is 39.9 cm³/mol. The van der Waals surface area contributed by atoms with E-state index in [4.69, 9.17) is 4.74 Å². The topological polar surface area (TPSA) is 55.0 Å². The van der Waals surface area contributed by atoms with Crippen molar-refractivity contribution < 1.29 is 9.53 Å². The predicted octanol–water partition coefficient (Wildman–Crippen LogP) is 0.929. The first-order chi connectivity index (χ1) is 5.15. The van der Waals surface area contributed by atoms with E-state index < -0.39 is 0 Å². The molecule has 0 aliphatic rings. The molecule has 1 rings (SSSR count). The van der Waals surface area contributed by atoms with E-state index in [0.717, 1.165) is 0 Å². The molecule has 4 nitrogen and oxygen atoms in total. The summed E-state index contributed by atoms with van der Waals surface area (Å²) in [4.78, 5) is 17.6. The van der Waals surface area contributed by atoms with Crippen molar-refractivity contribution in [3.8, 4) is 5.88 Å². The summed E-state index contributed by atoms with van der Waals surface area (Å²) < 4.78 is 4.86. The number of aromatic amines is 1. The Kier molecular flexibility index (Phi) is 1.94. The van der Waals surface area contributed by atoms with Crippen LogP contribution in [0.3, 0.4) is 0 Å². The highest BCUT2D eigenvalue weighted by atomic mass is 16.5. The van der Waals surface area contributed by atoms with Crippen molar-refractivity contribution in [2.75, 3.05) is 7.11 Å². The maximum absolute atomic E-state index is 10.9. The quantitative estimate of drug-likeness (QED) is 0.644. The van der Waals surface area contributed by atoms with Crippen LogP contribution in [0.1, 0.15) is 23.2 Å². The largest absolute Gasteiger partial charge is 0.479 e. The van der Waals surface area contributed by atoms with Gasteiger partial charge in [0.1, 0.15) is 11.5 Å². The summed E-state index contributed by atoms with van der Waals surface area (Å²) in [6.07, 6.45) is 0. The molecule has 11 heavy (non-hydrogen) atoms. The van der Waals surface area contributed by atoms with Gasteiger partial charge in [-0.2, -0.15) is 4.98 Å². The summed E-state index contributed by atoms with van der Waals surface area (Å²) >= 11 is 0. The molecule has 0 radical (unpaired) electrons. The van der Waals surface area contributed by atoms with E-state index >= 15 is 0 Å². The first-order valence-electron chi connectivity index (χ1n) is 3.26. The van der Waals surface area contributed by atoms with Crippen LogP contribution in [0, 0.1) is 6.92 Å². The van der Waals surface area contributed by atoms with Crippen molar-refractivity contribution in [1.82, 2.24) is 9.97 Å². The lowest BCUT2D eigenvalue weighted by Crippen LogP contribution is -1.96. The minimum absolute atomic E-state index is 0.0672. The number of methoxy groups -OCH3 is 1. The number of H-pyrrole nitrogens is 1. The van der Waals surface area contributed by atoms with Crippen molar-refractivity contribution in [3.63, 3.8) is 0 Å². The molecule has 0 saturated carbocycles. The first-order valence-corrected chi connectivity index (χ1v) is 3.26. The van der Waals surface area contributed by atoms with Crippen LogP contribution in [0.2, 0.25) is 0 Å². The fourth-order valence-corrected chi connectivity index (χ4v) is 0.857. The van der Waals surface area contributed by atoms with Crippen LogP contribution in [-0.4, -0.2) is 22.9 Å².